The van der Waals surface area contributed by atoms with Gasteiger partial charge in [-0.15, -0.1) is 11.3 Å². The van der Waals surface area contributed by atoms with Crippen molar-refractivity contribution in [1.29, 1.82) is 0 Å². The highest BCUT2D eigenvalue weighted by Crippen LogP contribution is 2.40. The predicted molar refractivity (Wildman–Crippen MR) is 141 cm³/mol. The molecule has 3 aromatic rings. The molecule has 1 fully saturated rings. The Hall–Kier alpha value is -3.03. The zero-order chi connectivity index (χ0) is 25.2. The van der Waals surface area contributed by atoms with Gasteiger partial charge < -0.3 is 9.80 Å². The Labute approximate surface area is 216 Å². The van der Waals surface area contributed by atoms with E-state index in [1.54, 1.807) is 16.2 Å². The number of hydrogen-bond acceptors (Lipinski definition) is 4. The van der Waals surface area contributed by atoms with Crippen LogP contribution in [0.15, 0.2) is 60.0 Å². The SMILES string of the molecule is Cc1ccccc1[C@H]1c2ccsc2CCN1[C@@H](C)C(=O)N1CCCN(C(=O)c2ccc(F)cc2)CC1. The number of amides is 2. The number of carbonyl (C=O) groups is 2. The predicted octanol–water partition coefficient (Wildman–Crippen LogP) is 4.91. The van der Waals surface area contributed by atoms with Crippen LogP contribution in [0.3, 0.4) is 0 Å². The second-order valence-corrected chi connectivity index (χ2v) is 10.7. The van der Waals surface area contributed by atoms with E-state index in [1.165, 1.54) is 45.8 Å². The number of aryl methyl sites for hydroxylation is 1. The molecule has 0 unspecified atom stereocenters. The number of thiophene rings is 1. The zero-order valence-corrected chi connectivity index (χ0v) is 21.6. The summed E-state index contributed by atoms with van der Waals surface area (Å²) in [5.41, 5.74) is 4.27. The molecule has 3 heterocycles. The van der Waals surface area contributed by atoms with E-state index in [9.17, 15) is 14.0 Å². The number of nitrogens with zero attached hydrogens (tertiary/aromatic N) is 3. The average molecular weight is 506 g/mol. The molecule has 0 N–H and O–H groups in total. The number of carbonyl (C=O) groups excluding carboxylic acids is 2. The first-order chi connectivity index (χ1) is 17.4. The van der Waals surface area contributed by atoms with Crippen molar-refractivity contribution in [2.24, 2.45) is 0 Å². The molecule has 188 valence electrons. The first kappa shape index (κ1) is 24.7. The summed E-state index contributed by atoms with van der Waals surface area (Å²) in [5.74, 6) is -0.356. The molecule has 0 radical (unpaired) electrons. The Kier molecular flexibility index (Phi) is 7.21. The van der Waals surface area contributed by atoms with Crippen LogP contribution in [-0.4, -0.2) is 65.3 Å². The first-order valence-corrected chi connectivity index (χ1v) is 13.5. The van der Waals surface area contributed by atoms with E-state index >= 15 is 0 Å². The number of rotatable bonds is 4. The maximum atomic E-state index is 13.8. The topological polar surface area (TPSA) is 43.9 Å². The average Bonchev–Trinajstić information content (AvgIpc) is 3.24. The summed E-state index contributed by atoms with van der Waals surface area (Å²) >= 11 is 1.80. The van der Waals surface area contributed by atoms with E-state index in [1.807, 2.05) is 11.8 Å². The second kappa shape index (κ2) is 10.5. The molecule has 2 aliphatic heterocycles. The number of fused-ring (bicyclic) bond motifs is 1. The molecular formula is C29H32FN3O2S. The molecule has 0 aliphatic carbocycles. The number of benzene rings is 2. The van der Waals surface area contributed by atoms with Crippen molar-refractivity contribution in [3.8, 4) is 0 Å². The minimum absolute atomic E-state index is 0.0590. The fourth-order valence-corrected chi connectivity index (χ4v) is 6.42. The van der Waals surface area contributed by atoms with Gasteiger partial charge in [0.05, 0.1) is 12.1 Å². The van der Waals surface area contributed by atoms with Crippen molar-refractivity contribution in [2.45, 2.75) is 38.8 Å². The van der Waals surface area contributed by atoms with Crippen molar-refractivity contribution >= 4 is 23.2 Å². The second-order valence-electron chi connectivity index (χ2n) is 9.70. The van der Waals surface area contributed by atoms with Gasteiger partial charge in [0.25, 0.3) is 5.91 Å². The molecule has 5 nitrogen and oxygen atoms in total. The van der Waals surface area contributed by atoms with E-state index in [0.717, 1.165) is 19.4 Å². The van der Waals surface area contributed by atoms with Crippen LogP contribution < -0.4 is 0 Å². The zero-order valence-electron chi connectivity index (χ0n) is 20.8. The Morgan fingerprint density at radius 1 is 0.917 bits per heavy atom. The van der Waals surface area contributed by atoms with Crippen molar-refractivity contribution in [3.05, 3.63) is 92.9 Å². The normalized spacial score (nSPS) is 19.5. The lowest BCUT2D eigenvalue weighted by Gasteiger charge is -2.41. The minimum Gasteiger partial charge on any atom is -0.340 e. The lowest BCUT2D eigenvalue weighted by atomic mass is 9.89. The molecule has 0 bridgehead atoms. The summed E-state index contributed by atoms with van der Waals surface area (Å²) < 4.78 is 13.3. The van der Waals surface area contributed by atoms with Crippen molar-refractivity contribution in [1.82, 2.24) is 14.7 Å². The number of hydrogen-bond donors (Lipinski definition) is 0. The van der Waals surface area contributed by atoms with E-state index < -0.39 is 0 Å². The van der Waals surface area contributed by atoms with Crippen molar-refractivity contribution in [2.75, 3.05) is 32.7 Å². The Morgan fingerprint density at radius 2 is 1.64 bits per heavy atom. The Balaban J connectivity index is 1.32. The van der Waals surface area contributed by atoms with Crippen LogP contribution in [0.2, 0.25) is 0 Å². The van der Waals surface area contributed by atoms with E-state index in [-0.39, 0.29) is 29.7 Å². The van der Waals surface area contributed by atoms with Crippen LogP contribution in [0.25, 0.3) is 0 Å². The summed E-state index contributed by atoms with van der Waals surface area (Å²) in [6.07, 6.45) is 1.67. The molecule has 2 amide bonds. The smallest absolute Gasteiger partial charge is 0.253 e. The van der Waals surface area contributed by atoms with Crippen LogP contribution in [0.4, 0.5) is 4.39 Å². The first-order valence-electron chi connectivity index (χ1n) is 12.6. The fraction of sp³-hybridized carbons (Fsp3) is 0.379. The standard InChI is InChI=1S/C29H32FN3O2S/c1-20-6-3-4-7-24(20)27-25-13-19-36-26(25)12-16-33(27)21(2)28(34)31-14-5-15-32(18-17-31)29(35)22-8-10-23(30)11-9-22/h3-4,6-11,13,19,21,27H,5,12,14-18H2,1-2H3/t21-,27-/m0/s1. The van der Waals surface area contributed by atoms with Crippen LogP contribution >= 0.6 is 11.3 Å². The molecule has 36 heavy (non-hydrogen) atoms. The van der Waals surface area contributed by atoms with Gasteiger partial charge >= 0.3 is 0 Å². The van der Waals surface area contributed by atoms with Crippen LogP contribution in [0.5, 0.6) is 0 Å². The van der Waals surface area contributed by atoms with Gasteiger partial charge in [0.1, 0.15) is 5.82 Å². The third kappa shape index (κ3) is 4.82. The molecule has 2 aliphatic rings. The van der Waals surface area contributed by atoms with E-state index in [4.69, 9.17) is 0 Å². The number of halogens is 1. The van der Waals surface area contributed by atoms with Gasteiger partial charge in [-0.1, -0.05) is 24.3 Å². The molecule has 2 atom stereocenters. The lowest BCUT2D eigenvalue weighted by molar-refractivity contribution is -0.137. The van der Waals surface area contributed by atoms with Gasteiger partial charge in [-0.2, -0.15) is 0 Å². The van der Waals surface area contributed by atoms with Gasteiger partial charge in [0, 0.05) is 43.2 Å². The quantitative estimate of drug-likeness (QED) is 0.506. The summed E-state index contributed by atoms with van der Waals surface area (Å²) in [6.45, 7) is 7.19. The maximum absolute atomic E-state index is 13.8. The van der Waals surface area contributed by atoms with E-state index in [2.05, 4.69) is 47.5 Å². The summed E-state index contributed by atoms with van der Waals surface area (Å²) in [4.78, 5) is 34.2. The molecule has 1 saturated heterocycles. The monoisotopic (exact) mass is 505 g/mol. The largest absolute Gasteiger partial charge is 0.340 e. The van der Waals surface area contributed by atoms with E-state index in [0.29, 0.717) is 31.7 Å². The van der Waals surface area contributed by atoms with Gasteiger partial charge in [-0.05, 0) is 79.1 Å². The molecule has 0 spiro atoms. The van der Waals surface area contributed by atoms with Gasteiger partial charge in [0.2, 0.25) is 5.91 Å². The lowest BCUT2D eigenvalue weighted by Crippen LogP contribution is -2.51. The molecule has 7 heteroatoms. The maximum Gasteiger partial charge on any atom is 0.253 e. The summed E-state index contributed by atoms with van der Waals surface area (Å²) in [5, 5.41) is 2.16. The third-order valence-electron chi connectivity index (χ3n) is 7.53. The van der Waals surface area contributed by atoms with Gasteiger partial charge in [-0.3, -0.25) is 14.5 Å². The van der Waals surface area contributed by atoms with Crippen molar-refractivity contribution < 1.29 is 14.0 Å². The molecule has 5 rings (SSSR count). The minimum atomic E-state index is -0.357. The van der Waals surface area contributed by atoms with Crippen molar-refractivity contribution in [3.63, 3.8) is 0 Å². The van der Waals surface area contributed by atoms with Gasteiger partial charge in [-0.25, -0.2) is 4.39 Å². The molecular weight excluding hydrogens is 473 g/mol. The summed E-state index contributed by atoms with van der Waals surface area (Å²) in [7, 11) is 0. The van der Waals surface area contributed by atoms with Crippen LogP contribution in [0, 0.1) is 12.7 Å². The summed E-state index contributed by atoms with van der Waals surface area (Å²) in [6, 6.07) is 16.1. The van der Waals surface area contributed by atoms with Gasteiger partial charge in [0.15, 0.2) is 0 Å². The fourth-order valence-electron chi connectivity index (χ4n) is 5.51. The Morgan fingerprint density at radius 3 is 2.42 bits per heavy atom. The molecule has 1 aromatic heterocycles. The molecule has 0 saturated carbocycles. The van der Waals surface area contributed by atoms with Crippen LogP contribution in [-0.2, 0) is 11.2 Å². The highest BCUT2D eigenvalue weighted by molar-refractivity contribution is 7.10. The highest BCUT2D eigenvalue weighted by Gasteiger charge is 2.37. The highest BCUT2D eigenvalue weighted by atomic mass is 32.1. The molecule has 2 aromatic carbocycles. The third-order valence-corrected chi connectivity index (χ3v) is 8.52. The Bertz CT molecular complexity index is 1240. The van der Waals surface area contributed by atoms with Crippen LogP contribution in [0.1, 0.15) is 51.3 Å².